The molecular formula is C16H18N2. The van der Waals surface area contributed by atoms with Gasteiger partial charge in [0, 0.05) is 23.9 Å². The molecule has 2 N–H and O–H groups in total. The summed E-state index contributed by atoms with van der Waals surface area (Å²) in [5, 5.41) is 0. The highest BCUT2D eigenvalue weighted by atomic mass is 14.8. The first-order valence-electron chi connectivity index (χ1n) is 6.51. The van der Waals surface area contributed by atoms with E-state index < -0.39 is 0 Å². The molecule has 2 heteroatoms. The molecule has 0 spiro atoms. The van der Waals surface area contributed by atoms with Crippen LogP contribution in [0.25, 0.3) is 0 Å². The van der Waals surface area contributed by atoms with E-state index in [2.05, 4.69) is 42.2 Å². The molecular weight excluding hydrogens is 220 g/mol. The van der Waals surface area contributed by atoms with Gasteiger partial charge in [-0.15, -0.1) is 0 Å². The second-order valence-corrected chi connectivity index (χ2v) is 5.13. The van der Waals surface area contributed by atoms with Gasteiger partial charge in [0.25, 0.3) is 0 Å². The van der Waals surface area contributed by atoms with Crippen molar-refractivity contribution >= 4 is 0 Å². The van der Waals surface area contributed by atoms with Crippen LogP contribution < -0.4 is 5.73 Å². The summed E-state index contributed by atoms with van der Waals surface area (Å²) in [6.45, 7) is 2.11. The highest BCUT2D eigenvalue weighted by Gasteiger charge is 2.29. The van der Waals surface area contributed by atoms with Crippen LogP contribution in [0.3, 0.4) is 0 Å². The van der Waals surface area contributed by atoms with E-state index in [1.54, 1.807) is 0 Å². The van der Waals surface area contributed by atoms with E-state index >= 15 is 0 Å². The number of nitrogens with two attached hydrogens (primary N) is 1. The zero-order valence-electron chi connectivity index (χ0n) is 10.6. The van der Waals surface area contributed by atoms with Crippen LogP contribution in [0.1, 0.15) is 40.8 Å². The van der Waals surface area contributed by atoms with Crippen molar-refractivity contribution in [2.24, 2.45) is 5.73 Å². The Balaban J connectivity index is 1.93. The van der Waals surface area contributed by atoms with E-state index in [1.165, 1.54) is 22.4 Å². The molecule has 1 heterocycles. The van der Waals surface area contributed by atoms with E-state index in [1.807, 2.05) is 12.3 Å². The maximum atomic E-state index is 6.44. The molecule has 2 aromatic rings. The second-order valence-electron chi connectivity index (χ2n) is 5.13. The summed E-state index contributed by atoms with van der Waals surface area (Å²) in [5.41, 5.74) is 11.5. The molecule has 0 bridgehead atoms. The number of pyridine rings is 1. The number of benzene rings is 1. The largest absolute Gasteiger partial charge is 0.323 e. The Kier molecular flexibility index (Phi) is 2.88. The van der Waals surface area contributed by atoms with Gasteiger partial charge in [-0.25, -0.2) is 0 Å². The summed E-state index contributed by atoms with van der Waals surface area (Å²) >= 11 is 0. The number of hydrogen-bond acceptors (Lipinski definition) is 2. The molecule has 92 valence electrons. The van der Waals surface area contributed by atoms with Crippen LogP contribution in [0.2, 0.25) is 0 Å². The minimum absolute atomic E-state index is 0.0565. The molecule has 2 nitrogen and oxygen atoms in total. The maximum Gasteiger partial charge on any atom is 0.0485 e. The third-order valence-corrected chi connectivity index (χ3v) is 3.86. The van der Waals surface area contributed by atoms with Crippen LogP contribution in [-0.4, -0.2) is 4.98 Å². The lowest BCUT2D eigenvalue weighted by Gasteiger charge is -2.20. The minimum atomic E-state index is 0.0565. The van der Waals surface area contributed by atoms with Crippen molar-refractivity contribution in [3.05, 3.63) is 65.0 Å². The van der Waals surface area contributed by atoms with Crippen LogP contribution >= 0.6 is 0 Å². The normalized spacial score (nSPS) is 19.6. The first-order valence-corrected chi connectivity index (χ1v) is 6.51. The second kappa shape index (κ2) is 4.54. The predicted octanol–water partition coefficient (Wildman–Crippen LogP) is 3.12. The molecule has 2 atom stereocenters. The van der Waals surface area contributed by atoms with Crippen molar-refractivity contribution in [3.63, 3.8) is 0 Å². The number of nitrogens with zero attached hydrogens (tertiary/aromatic N) is 1. The van der Waals surface area contributed by atoms with Gasteiger partial charge in [-0.05, 0) is 37.0 Å². The zero-order valence-corrected chi connectivity index (χ0v) is 10.6. The molecule has 0 aliphatic heterocycles. The van der Waals surface area contributed by atoms with Gasteiger partial charge in [0.05, 0.1) is 0 Å². The van der Waals surface area contributed by atoms with Crippen molar-refractivity contribution in [2.75, 3.05) is 0 Å². The van der Waals surface area contributed by atoms with Crippen LogP contribution in [0.15, 0.2) is 42.6 Å². The van der Waals surface area contributed by atoms with E-state index in [0.717, 1.165) is 12.8 Å². The molecule has 2 unspecified atom stereocenters. The fourth-order valence-electron chi connectivity index (χ4n) is 2.90. The van der Waals surface area contributed by atoms with Gasteiger partial charge in [-0.2, -0.15) is 0 Å². The number of rotatable bonds is 2. The van der Waals surface area contributed by atoms with Crippen molar-refractivity contribution in [2.45, 2.75) is 31.7 Å². The Bertz CT molecular complexity index is 563. The Morgan fingerprint density at radius 3 is 3.00 bits per heavy atom. The lowest BCUT2D eigenvalue weighted by atomic mass is 9.91. The highest BCUT2D eigenvalue weighted by molar-refractivity contribution is 5.34. The summed E-state index contributed by atoms with van der Waals surface area (Å²) in [4.78, 5) is 4.53. The van der Waals surface area contributed by atoms with Gasteiger partial charge < -0.3 is 5.73 Å². The number of fused-ring (bicyclic) bond motifs is 1. The molecule has 1 aliphatic rings. The van der Waals surface area contributed by atoms with E-state index in [9.17, 15) is 0 Å². The lowest BCUT2D eigenvalue weighted by Crippen LogP contribution is -2.18. The average molecular weight is 238 g/mol. The topological polar surface area (TPSA) is 38.9 Å². The molecule has 3 rings (SSSR count). The predicted molar refractivity (Wildman–Crippen MR) is 73.4 cm³/mol. The summed E-state index contributed by atoms with van der Waals surface area (Å²) in [6, 6.07) is 12.7. The standard InChI is InChI=1S/C16H18N2/c1-11-4-2-5-13(10-11)15(17)14-8-7-12-6-3-9-18-16(12)14/h2-6,9-10,14-15H,7-8,17H2,1H3. The van der Waals surface area contributed by atoms with Crippen LogP contribution in [0.5, 0.6) is 0 Å². The van der Waals surface area contributed by atoms with E-state index in [0.29, 0.717) is 5.92 Å². The molecule has 18 heavy (non-hydrogen) atoms. The van der Waals surface area contributed by atoms with Gasteiger partial charge in [0.2, 0.25) is 0 Å². The van der Waals surface area contributed by atoms with Gasteiger partial charge in [0.15, 0.2) is 0 Å². The monoisotopic (exact) mass is 238 g/mol. The van der Waals surface area contributed by atoms with Gasteiger partial charge in [-0.1, -0.05) is 35.9 Å². The number of aryl methyl sites for hydroxylation is 2. The van der Waals surface area contributed by atoms with E-state index in [-0.39, 0.29) is 6.04 Å². The van der Waals surface area contributed by atoms with Crippen molar-refractivity contribution in [1.82, 2.24) is 4.98 Å². The van der Waals surface area contributed by atoms with Gasteiger partial charge >= 0.3 is 0 Å². The first-order chi connectivity index (χ1) is 8.75. The summed E-state index contributed by atoms with van der Waals surface area (Å²) in [7, 11) is 0. The number of aromatic nitrogens is 1. The van der Waals surface area contributed by atoms with Crippen molar-refractivity contribution in [3.8, 4) is 0 Å². The molecule has 0 amide bonds. The average Bonchev–Trinajstić information content (AvgIpc) is 2.82. The Hall–Kier alpha value is -1.67. The smallest absolute Gasteiger partial charge is 0.0485 e. The van der Waals surface area contributed by atoms with Crippen molar-refractivity contribution < 1.29 is 0 Å². The molecule has 0 radical (unpaired) electrons. The van der Waals surface area contributed by atoms with Crippen molar-refractivity contribution in [1.29, 1.82) is 0 Å². The fraction of sp³-hybridized carbons (Fsp3) is 0.312. The third-order valence-electron chi connectivity index (χ3n) is 3.86. The van der Waals surface area contributed by atoms with E-state index in [4.69, 9.17) is 5.73 Å². The third kappa shape index (κ3) is 1.93. The maximum absolute atomic E-state index is 6.44. The molecule has 1 aromatic heterocycles. The number of hydrogen-bond donors (Lipinski definition) is 1. The summed E-state index contributed by atoms with van der Waals surface area (Å²) in [6.07, 6.45) is 4.09. The van der Waals surface area contributed by atoms with Crippen LogP contribution in [0, 0.1) is 6.92 Å². The summed E-state index contributed by atoms with van der Waals surface area (Å²) in [5.74, 6) is 0.364. The Morgan fingerprint density at radius 1 is 1.28 bits per heavy atom. The molecule has 1 aliphatic carbocycles. The SMILES string of the molecule is Cc1cccc(C(N)C2CCc3cccnc32)c1. The fourth-order valence-corrected chi connectivity index (χ4v) is 2.90. The Labute approximate surface area is 108 Å². The van der Waals surface area contributed by atoms with Gasteiger partial charge in [-0.3, -0.25) is 4.98 Å². The lowest BCUT2D eigenvalue weighted by molar-refractivity contribution is 0.541. The van der Waals surface area contributed by atoms with Crippen LogP contribution in [0.4, 0.5) is 0 Å². The minimum Gasteiger partial charge on any atom is -0.323 e. The Morgan fingerprint density at radius 2 is 2.17 bits per heavy atom. The molecule has 1 aromatic carbocycles. The first kappa shape index (κ1) is 11.4. The molecule has 0 fully saturated rings. The highest BCUT2D eigenvalue weighted by Crippen LogP contribution is 2.39. The van der Waals surface area contributed by atoms with Gasteiger partial charge in [0.1, 0.15) is 0 Å². The quantitative estimate of drug-likeness (QED) is 0.873. The summed E-state index contributed by atoms with van der Waals surface area (Å²) < 4.78 is 0. The van der Waals surface area contributed by atoms with Crippen LogP contribution in [-0.2, 0) is 6.42 Å². The zero-order chi connectivity index (χ0) is 12.5. The molecule has 0 saturated heterocycles. The molecule has 0 saturated carbocycles.